The largest absolute Gasteiger partial charge is 0.286 e. The summed E-state index contributed by atoms with van der Waals surface area (Å²) in [6, 6.07) is 16.2. The first-order chi connectivity index (χ1) is 12.0. The highest BCUT2D eigenvalue weighted by Gasteiger charge is 2.16. The Morgan fingerprint density at radius 1 is 1.12 bits per heavy atom. The number of hydrogen-bond donors (Lipinski definition) is 1. The van der Waals surface area contributed by atoms with Crippen molar-refractivity contribution in [2.24, 2.45) is 0 Å². The van der Waals surface area contributed by atoms with E-state index in [4.69, 9.17) is 4.55 Å². The predicted molar refractivity (Wildman–Crippen MR) is 98.8 cm³/mol. The Hall–Kier alpha value is -2.44. The minimum Gasteiger partial charge on any atom is -0.286 e. The molecule has 5 nitrogen and oxygen atoms in total. The van der Waals surface area contributed by atoms with E-state index < -0.39 is 10.1 Å². The van der Waals surface area contributed by atoms with Gasteiger partial charge in [-0.3, -0.25) is 4.55 Å². The van der Waals surface area contributed by atoms with Crippen molar-refractivity contribution in [1.29, 1.82) is 0 Å². The number of imidazole rings is 1. The van der Waals surface area contributed by atoms with Crippen LogP contribution in [0.15, 0.2) is 61.4 Å². The van der Waals surface area contributed by atoms with Gasteiger partial charge >= 0.3 is 0 Å². The van der Waals surface area contributed by atoms with Gasteiger partial charge in [-0.05, 0) is 23.3 Å². The molecule has 3 aromatic rings. The minimum atomic E-state index is -3.92. The summed E-state index contributed by atoms with van der Waals surface area (Å²) in [5, 5.41) is 0. The molecule has 0 radical (unpaired) electrons. The Morgan fingerprint density at radius 2 is 1.84 bits per heavy atom. The van der Waals surface area contributed by atoms with Crippen molar-refractivity contribution in [3.05, 3.63) is 72.6 Å². The number of hydrogen-bond acceptors (Lipinski definition) is 2. The van der Waals surface area contributed by atoms with Gasteiger partial charge in [-0.2, -0.15) is 8.42 Å². The van der Waals surface area contributed by atoms with Crippen LogP contribution in [0.2, 0.25) is 0 Å². The molecule has 0 aliphatic rings. The van der Waals surface area contributed by atoms with Crippen molar-refractivity contribution in [3.63, 3.8) is 0 Å². The molecule has 3 rings (SSSR count). The number of benzene rings is 2. The molecule has 0 aliphatic carbocycles. The maximum absolute atomic E-state index is 10.9. The zero-order chi connectivity index (χ0) is 17.9. The van der Waals surface area contributed by atoms with Crippen LogP contribution in [-0.4, -0.2) is 23.3 Å². The smallest absolute Gasteiger partial charge is 0.265 e. The van der Waals surface area contributed by atoms with Gasteiger partial charge in [0.2, 0.25) is 6.33 Å². The summed E-state index contributed by atoms with van der Waals surface area (Å²) in [5.41, 5.74) is 4.39. The molecule has 1 heterocycles. The quantitative estimate of drug-likeness (QED) is 0.522. The van der Waals surface area contributed by atoms with Gasteiger partial charge < -0.3 is 0 Å². The lowest BCUT2D eigenvalue weighted by molar-refractivity contribution is -0.663. The van der Waals surface area contributed by atoms with Crippen LogP contribution in [0.25, 0.3) is 17.1 Å². The summed E-state index contributed by atoms with van der Waals surface area (Å²) in [6.07, 6.45) is 4.18. The Balaban J connectivity index is 1.86. The molecule has 6 heteroatoms. The lowest BCUT2D eigenvalue weighted by atomic mass is 10.1. The van der Waals surface area contributed by atoms with Crippen LogP contribution in [-0.2, 0) is 23.2 Å². The standard InChI is InChI=1S/C19H20N2O3S/c1-2-16-8-10-17(11-9-16)14-21-15-20(12-5-13-25(22,23)24)18-6-3-4-7-19(18)21/h2-4,6-11,15H,1,5,12-14H2/p+1. The van der Waals surface area contributed by atoms with Crippen molar-refractivity contribution in [2.45, 2.75) is 19.5 Å². The summed E-state index contributed by atoms with van der Waals surface area (Å²) in [4.78, 5) is 0. The molecule has 0 amide bonds. The van der Waals surface area contributed by atoms with Gasteiger partial charge in [0.15, 0.2) is 11.0 Å². The van der Waals surface area contributed by atoms with Crippen LogP contribution in [0, 0.1) is 0 Å². The molecule has 1 N–H and O–H groups in total. The van der Waals surface area contributed by atoms with Crippen molar-refractivity contribution >= 4 is 27.2 Å². The van der Waals surface area contributed by atoms with Gasteiger partial charge in [0.1, 0.15) is 6.54 Å². The molecule has 25 heavy (non-hydrogen) atoms. The third-order valence-electron chi connectivity index (χ3n) is 4.15. The highest BCUT2D eigenvalue weighted by molar-refractivity contribution is 7.85. The van der Waals surface area contributed by atoms with Gasteiger partial charge in [-0.15, -0.1) is 0 Å². The number of para-hydroxylation sites is 2. The van der Waals surface area contributed by atoms with E-state index in [1.807, 2.05) is 53.4 Å². The van der Waals surface area contributed by atoms with Gasteiger partial charge in [0.25, 0.3) is 10.1 Å². The first kappa shape index (κ1) is 17.4. The van der Waals surface area contributed by atoms with Gasteiger partial charge in [0, 0.05) is 6.42 Å². The van der Waals surface area contributed by atoms with E-state index in [1.54, 1.807) is 0 Å². The monoisotopic (exact) mass is 357 g/mol. The summed E-state index contributed by atoms with van der Waals surface area (Å²) in [7, 11) is -3.92. The summed E-state index contributed by atoms with van der Waals surface area (Å²) >= 11 is 0. The molecular formula is C19H21N2O3S+. The Bertz CT molecular complexity index is 989. The van der Waals surface area contributed by atoms with Crippen molar-refractivity contribution in [1.82, 2.24) is 4.57 Å². The van der Waals surface area contributed by atoms with Gasteiger partial charge in [0.05, 0.1) is 12.3 Å². The minimum absolute atomic E-state index is 0.234. The highest BCUT2D eigenvalue weighted by Crippen LogP contribution is 2.13. The topological polar surface area (TPSA) is 63.2 Å². The van der Waals surface area contributed by atoms with Crippen molar-refractivity contribution in [3.8, 4) is 0 Å². The van der Waals surface area contributed by atoms with Crippen LogP contribution in [0.3, 0.4) is 0 Å². The molecule has 0 aliphatic heterocycles. The third kappa shape index (κ3) is 4.35. The van der Waals surface area contributed by atoms with Crippen LogP contribution in [0.4, 0.5) is 0 Å². The fourth-order valence-electron chi connectivity index (χ4n) is 2.92. The van der Waals surface area contributed by atoms with E-state index in [-0.39, 0.29) is 5.75 Å². The molecule has 0 spiro atoms. The van der Waals surface area contributed by atoms with Crippen LogP contribution >= 0.6 is 0 Å². The average Bonchev–Trinajstić information content (AvgIpc) is 2.93. The lowest BCUT2D eigenvalue weighted by Gasteiger charge is -2.00. The number of aromatic nitrogens is 2. The SMILES string of the molecule is C=Cc1ccc(C[n+]2cn(CCCS(=O)(=O)O)c3ccccc32)cc1. The van der Waals surface area contributed by atoms with E-state index >= 15 is 0 Å². The molecule has 2 aromatic carbocycles. The van der Waals surface area contributed by atoms with Gasteiger partial charge in [-0.1, -0.05) is 49.1 Å². The lowest BCUT2D eigenvalue weighted by Crippen LogP contribution is -2.32. The Morgan fingerprint density at radius 3 is 2.52 bits per heavy atom. The van der Waals surface area contributed by atoms with E-state index in [2.05, 4.69) is 23.3 Å². The molecule has 0 saturated carbocycles. The van der Waals surface area contributed by atoms with Crippen LogP contribution in [0.1, 0.15) is 17.5 Å². The first-order valence-electron chi connectivity index (χ1n) is 8.10. The third-order valence-corrected chi connectivity index (χ3v) is 4.95. The maximum atomic E-state index is 10.9. The zero-order valence-corrected chi connectivity index (χ0v) is 14.7. The zero-order valence-electron chi connectivity index (χ0n) is 13.9. The normalized spacial score (nSPS) is 11.7. The second-order valence-electron chi connectivity index (χ2n) is 6.01. The molecule has 0 saturated heterocycles. The molecule has 0 unspecified atom stereocenters. The second-order valence-corrected chi connectivity index (χ2v) is 7.58. The Kier molecular flexibility index (Phi) is 5.01. The van der Waals surface area contributed by atoms with Gasteiger partial charge in [-0.25, -0.2) is 9.13 Å². The molecule has 0 atom stereocenters. The van der Waals surface area contributed by atoms with E-state index in [1.165, 1.54) is 5.56 Å². The predicted octanol–water partition coefficient (Wildman–Crippen LogP) is 2.90. The van der Waals surface area contributed by atoms with E-state index in [0.717, 1.165) is 23.1 Å². The fraction of sp³-hybridized carbons (Fsp3) is 0.211. The van der Waals surface area contributed by atoms with Crippen LogP contribution < -0.4 is 4.57 Å². The fourth-order valence-corrected chi connectivity index (χ4v) is 3.41. The summed E-state index contributed by atoms with van der Waals surface area (Å²) in [6.45, 7) is 5.02. The Labute approximate surface area is 147 Å². The molecule has 1 aromatic heterocycles. The van der Waals surface area contributed by atoms with Crippen molar-refractivity contribution < 1.29 is 17.5 Å². The number of aryl methyl sites for hydroxylation is 1. The summed E-state index contributed by atoms with van der Waals surface area (Å²) < 4.78 is 34.9. The van der Waals surface area contributed by atoms with E-state index in [9.17, 15) is 8.42 Å². The maximum Gasteiger partial charge on any atom is 0.265 e. The molecule has 0 fully saturated rings. The van der Waals surface area contributed by atoms with Crippen LogP contribution in [0.5, 0.6) is 0 Å². The molecule has 0 bridgehead atoms. The average molecular weight is 357 g/mol. The summed E-state index contributed by atoms with van der Waals surface area (Å²) in [5.74, 6) is -0.234. The molecular weight excluding hydrogens is 336 g/mol. The number of rotatable bonds is 7. The van der Waals surface area contributed by atoms with Crippen molar-refractivity contribution in [2.75, 3.05) is 5.75 Å². The highest BCUT2D eigenvalue weighted by atomic mass is 32.2. The number of nitrogens with zero attached hydrogens (tertiary/aromatic N) is 2. The molecule has 130 valence electrons. The number of fused-ring (bicyclic) bond motifs is 1. The van der Waals surface area contributed by atoms with E-state index in [0.29, 0.717) is 13.0 Å². The second kappa shape index (κ2) is 7.21. The first-order valence-corrected chi connectivity index (χ1v) is 9.71.